The predicted molar refractivity (Wildman–Crippen MR) is 71.6 cm³/mol. The van der Waals surface area contributed by atoms with Gasteiger partial charge in [0.1, 0.15) is 0 Å². The Morgan fingerprint density at radius 3 is 2.74 bits per heavy atom. The molecule has 19 heavy (non-hydrogen) atoms. The third-order valence-electron chi connectivity index (χ3n) is 3.16. The second-order valence-electron chi connectivity index (χ2n) is 4.53. The van der Waals surface area contributed by atoms with Gasteiger partial charge in [-0.1, -0.05) is 0 Å². The molecule has 0 amide bonds. The molecule has 2 rings (SSSR count). The molecule has 1 aliphatic rings. The van der Waals surface area contributed by atoms with Crippen LogP contribution in [0.5, 0.6) is 0 Å². The Balaban J connectivity index is 1.88. The van der Waals surface area contributed by atoms with Crippen LogP contribution in [-0.4, -0.2) is 44.3 Å². The molecule has 0 aromatic heterocycles. The third-order valence-corrected chi connectivity index (χ3v) is 3.16. The Kier molecular flexibility index (Phi) is 4.93. The number of rotatable bonds is 5. The molecule has 1 aromatic carbocycles. The predicted octanol–water partition coefficient (Wildman–Crippen LogP) is 1.95. The normalized spacial score (nSPS) is 16.8. The average Bonchev–Trinajstić information content (AvgIpc) is 2.41. The highest BCUT2D eigenvalue weighted by Gasteiger charge is 2.14. The monoisotopic (exact) mass is 271 g/mol. The first-order chi connectivity index (χ1) is 9.16. The number of anilines is 2. The first-order valence-corrected chi connectivity index (χ1v) is 6.38. The molecule has 106 valence electrons. The van der Waals surface area contributed by atoms with Crippen molar-refractivity contribution in [3.8, 4) is 0 Å². The molecule has 1 saturated heterocycles. The van der Waals surface area contributed by atoms with Crippen molar-refractivity contribution in [1.82, 2.24) is 4.90 Å². The molecule has 3 N–H and O–H groups in total. The van der Waals surface area contributed by atoms with Crippen LogP contribution in [0, 0.1) is 0 Å². The van der Waals surface area contributed by atoms with Crippen molar-refractivity contribution in [2.45, 2.75) is 6.43 Å². The number of nitrogen functional groups attached to an aromatic ring is 1. The van der Waals surface area contributed by atoms with E-state index < -0.39 is 6.43 Å². The summed E-state index contributed by atoms with van der Waals surface area (Å²) in [4.78, 5) is 2.25. The van der Waals surface area contributed by atoms with E-state index in [0.29, 0.717) is 17.9 Å². The Hall–Kier alpha value is -1.40. The number of morpholine rings is 1. The topological polar surface area (TPSA) is 50.5 Å². The number of nitrogens with zero attached hydrogens (tertiary/aromatic N) is 1. The minimum atomic E-state index is -2.52. The van der Waals surface area contributed by atoms with Gasteiger partial charge >= 0.3 is 0 Å². The lowest BCUT2D eigenvalue weighted by molar-refractivity contribution is 0.0398. The minimum absolute atomic E-state index is 0.0398. The molecule has 4 nitrogen and oxygen atoms in total. The molecular weight excluding hydrogens is 252 g/mol. The van der Waals surface area contributed by atoms with E-state index in [1.54, 1.807) is 12.1 Å². The summed E-state index contributed by atoms with van der Waals surface area (Å²) in [5, 5.41) is 3.05. The van der Waals surface area contributed by atoms with Crippen LogP contribution in [0.3, 0.4) is 0 Å². The Morgan fingerprint density at radius 1 is 1.32 bits per heavy atom. The SMILES string of the molecule is Nc1ccc(NCCN2CCOCC2)c(C(F)F)c1. The summed E-state index contributed by atoms with van der Waals surface area (Å²) in [6.45, 7) is 4.71. The molecule has 1 fully saturated rings. The van der Waals surface area contributed by atoms with Crippen LogP contribution in [0.4, 0.5) is 20.2 Å². The van der Waals surface area contributed by atoms with E-state index in [9.17, 15) is 8.78 Å². The largest absolute Gasteiger partial charge is 0.399 e. The van der Waals surface area contributed by atoms with Crippen LogP contribution in [-0.2, 0) is 4.74 Å². The van der Waals surface area contributed by atoms with Crippen molar-refractivity contribution >= 4 is 11.4 Å². The highest BCUT2D eigenvalue weighted by atomic mass is 19.3. The molecular formula is C13H19F2N3O. The van der Waals surface area contributed by atoms with Gasteiger partial charge in [-0.05, 0) is 18.2 Å². The van der Waals surface area contributed by atoms with Gasteiger partial charge in [-0.15, -0.1) is 0 Å². The lowest BCUT2D eigenvalue weighted by Gasteiger charge is -2.26. The number of hydrogen-bond acceptors (Lipinski definition) is 4. The summed E-state index contributed by atoms with van der Waals surface area (Å²) < 4.78 is 31.0. The summed E-state index contributed by atoms with van der Waals surface area (Å²) in [7, 11) is 0. The van der Waals surface area contributed by atoms with E-state index in [-0.39, 0.29) is 5.56 Å². The summed E-state index contributed by atoms with van der Waals surface area (Å²) in [5.74, 6) is 0. The maximum Gasteiger partial charge on any atom is 0.265 e. The van der Waals surface area contributed by atoms with Crippen LogP contribution in [0.1, 0.15) is 12.0 Å². The smallest absolute Gasteiger partial charge is 0.265 e. The zero-order valence-corrected chi connectivity index (χ0v) is 10.7. The van der Waals surface area contributed by atoms with Gasteiger partial charge in [0.25, 0.3) is 6.43 Å². The van der Waals surface area contributed by atoms with Gasteiger partial charge in [0.2, 0.25) is 0 Å². The van der Waals surface area contributed by atoms with E-state index in [1.807, 2.05) is 0 Å². The number of ether oxygens (including phenoxy) is 1. The van der Waals surface area contributed by atoms with Gasteiger partial charge in [0, 0.05) is 43.1 Å². The van der Waals surface area contributed by atoms with Crippen LogP contribution in [0.15, 0.2) is 18.2 Å². The van der Waals surface area contributed by atoms with Gasteiger partial charge in [0.15, 0.2) is 0 Å². The molecule has 1 heterocycles. The Bertz CT molecular complexity index is 409. The second kappa shape index (κ2) is 6.68. The molecule has 6 heteroatoms. The van der Waals surface area contributed by atoms with E-state index in [1.165, 1.54) is 6.07 Å². The summed E-state index contributed by atoms with van der Waals surface area (Å²) in [6.07, 6.45) is -2.52. The van der Waals surface area contributed by atoms with Crippen molar-refractivity contribution in [3.05, 3.63) is 23.8 Å². The second-order valence-corrected chi connectivity index (χ2v) is 4.53. The fraction of sp³-hybridized carbons (Fsp3) is 0.538. The number of benzene rings is 1. The molecule has 1 aromatic rings. The van der Waals surface area contributed by atoms with E-state index in [0.717, 1.165) is 32.8 Å². The van der Waals surface area contributed by atoms with E-state index >= 15 is 0 Å². The molecule has 0 radical (unpaired) electrons. The number of nitrogens with two attached hydrogens (primary N) is 1. The first-order valence-electron chi connectivity index (χ1n) is 6.38. The van der Waals surface area contributed by atoms with Crippen molar-refractivity contribution in [1.29, 1.82) is 0 Å². The molecule has 1 aliphatic heterocycles. The lowest BCUT2D eigenvalue weighted by atomic mass is 10.1. The van der Waals surface area contributed by atoms with Crippen LogP contribution in [0.25, 0.3) is 0 Å². The van der Waals surface area contributed by atoms with E-state index in [4.69, 9.17) is 10.5 Å². The van der Waals surface area contributed by atoms with Crippen molar-refractivity contribution < 1.29 is 13.5 Å². The number of alkyl halides is 2. The number of hydrogen-bond donors (Lipinski definition) is 2. The fourth-order valence-corrected chi connectivity index (χ4v) is 2.10. The van der Waals surface area contributed by atoms with Gasteiger partial charge in [0.05, 0.1) is 13.2 Å². The standard InChI is InChI=1S/C13H19F2N3O/c14-13(15)11-9-10(16)1-2-12(11)17-3-4-18-5-7-19-8-6-18/h1-2,9,13,17H,3-8,16H2. The molecule has 0 atom stereocenters. The Morgan fingerprint density at radius 2 is 2.05 bits per heavy atom. The molecule has 0 unspecified atom stereocenters. The van der Waals surface area contributed by atoms with E-state index in [2.05, 4.69) is 10.2 Å². The third kappa shape index (κ3) is 4.04. The lowest BCUT2D eigenvalue weighted by Crippen LogP contribution is -2.39. The van der Waals surface area contributed by atoms with Crippen LogP contribution >= 0.6 is 0 Å². The van der Waals surface area contributed by atoms with Crippen LogP contribution in [0.2, 0.25) is 0 Å². The molecule has 0 spiro atoms. The minimum Gasteiger partial charge on any atom is -0.399 e. The fourth-order valence-electron chi connectivity index (χ4n) is 2.10. The molecule has 0 saturated carbocycles. The average molecular weight is 271 g/mol. The number of halogens is 2. The maximum atomic E-state index is 12.9. The van der Waals surface area contributed by atoms with Crippen molar-refractivity contribution in [2.75, 3.05) is 50.4 Å². The van der Waals surface area contributed by atoms with Crippen molar-refractivity contribution in [3.63, 3.8) is 0 Å². The summed E-state index contributed by atoms with van der Waals surface area (Å²) in [5.41, 5.74) is 6.30. The van der Waals surface area contributed by atoms with Gasteiger partial charge in [-0.25, -0.2) is 8.78 Å². The van der Waals surface area contributed by atoms with Gasteiger partial charge in [-0.3, -0.25) is 4.90 Å². The first kappa shape index (κ1) is 14.0. The van der Waals surface area contributed by atoms with Gasteiger partial charge in [-0.2, -0.15) is 0 Å². The summed E-state index contributed by atoms with van der Waals surface area (Å²) in [6, 6.07) is 4.56. The number of nitrogens with one attached hydrogen (secondary N) is 1. The highest BCUT2D eigenvalue weighted by Crippen LogP contribution is 2.28. The van der Waals surface area contributed by atoms with Gasteiger partial charge < -0.3 is 15.8 Å². The zero-order valence-electron chi connectivity index (χ0n) is 10.7. The Labute approximate surface area is 111 Å². The summed E-state index contributed by atoms with van der Waals surface area (Å²) >= 11 is 0. The van der Waals surface area contributed by atoms with Crippen molar-refractivity contribution in [2.24, 2.45) is 0 Å². The molecule has 0 bridgehead atoms. The quantitative estimate of drug-likeness (QED) is 0.804. The maximum absolute atomic E-state index is 12.9. The van der Waals surface area contributed by atoms with Crippen LogP contribution < -0.4 is 11.1 Å². The molecule has 0 aliphatic carbocycles. The highest BCUT2D eigenvalue weighted by molar-refractivity contribution is 5.58. The zero-order chi connectivity index (χ0) is 13.7.